The minimum Gasteiger partial charge on any atom is -0.373 e. The van der Waals surface area contributed by atoms with E-state index in [9.17, 15) is 9.18 Å². The number of aromatic nitrogens is 3. The number of pyridine rings is 2. The Balaban J connectivity index is 0.000000231. The van der Waals surface area contributed by atoms with Gasteiger partial charge in [0.2, 0.25) is 0 Å². The maximum Gasteiger partial charge on any atom is 0.150 e. The van der Waals surface area contributed by atoms with Crippen molar-refractivity contribution in [2.45, 2.75) is 6.42 Å². The van der Waals surface area contributed by atoms with Crippen LogP contribution in [-0.2, 0) is 6.42 Å². The molecule has 0 aliphatic heterocycles. The third-order valence-corrected chi connectivity index (χ3v) is 4.02. The van der Waals surface area contributed by atoms with E-state index in [1.54, 1.807) is 6.20 Å². The summed E-state index contributed by atoms with van der Waals surface area (Å²) in [6, 6.07) is 13.5. The number of carbonyl (C=O) groups is 1. The fourth-order valence-electron chi connectivity index (χ4n) is 2.60. The molecule has 0 aliphatic carbocycles. The number of carbonyl (C=O) groups excluding carboxylic acids is 1. The van der Waals surface area contributed by atoms with Gasteiger partial charge in [-0.3, -0.25) is 4.79 Å². The molecule has 0 aliphatic rings. The van der Waals surface area contributed by atoms with Crippen molar-refractivity contribution in [3.63, 3.8) is 0 Å². The lowest BCUT2D eigenvalue weighted by atomic mass is 10.1. The van der Waals surface area contributed by atoms with E-state index in [-0.39, 0.29) is 5.82 Å². The normalized spacial score (nSPS) is 9.66. The predicted octanol–water partition coefficient (Wildman–Crippen LogP) is 5.08. The number of halogens is 2. The van der Waals surface area contributed by atoms with Gasteiger partial charge in [-0.15, -0.1) is 11.6 Å². The van der Waals surface area contributed by atoms with Crippen LogP contribution in [0.1, 0.15) is 21.5 Å². The Kier molecular flexibility index (Phi) is 8.79. The zero-order chi connectivity index (χ0) is 21.1. The van der Waals surface area contributed by atoms with Gasteiger partial charge in [0.25, 0.3) is 0 Å². The first kappa shape index (κ1) is 22.0. The van der Waals surface area contributed by atoms with Crippen LogP contribution in [0.2, 0.25) is 0 Å². The van der Waals surface area contributed by atoms with E-state index in [1.807, 2.05) is 31.6 Å². The van der Waals surface area contributed by atoms with Crippen molar-refractivity contribution in [1.82, 2.24) is 15.0 Å². The molecule has 4 aromatic rings. The van der Waals surface area contributed by atoms with E-state index < -0.39 is 0 Å². The molecule has 0 amide bonds. The average Bonchev–Trinajstić information content (AvgIpc) is 3.19. The maximum absolute atomic E-state index is 12.1. The number of nitrogens with zero attached hydrogens (tertiary/aromatic N) is 2. The van der Waals surface area contributed by atoms with Crippen LogP contribution in [0.3, 0.4) is 0 Å². The topological polar surface area (TPSA) is 70.7 Å². The van der Waals surface area contributed by atoms with E-state index in [2.05, 4.69) is 44.0 Å². The minimum absolute atomic E-state index is 0.319. The Bertz CT molecular complexity index is 1020. The molecule has 1 aromatic carbocycles. The summed E-state index contributed by atoms with van der Waals surface area (Å²) in [5, 5.41) is 4.19. The number of nitrogens with one attached hydrogen (secondary N) is 2. The van der Waals surface area contributed by atoms with Crippen molar-refractivity contribution in [3.8, 4) is 0 Å². The molecule has 0 spiro atoms. The number of hydrogen-bond donors (Lipinski definition) is 2. The first-order chi connectivity index (χ1) is 14.2. The fourth-order valence-corrected chi connectivity index (χ4v) is 2.60. The number of anilines is 1. The Morgan fingerprint density at radius 3 is 2.48 bits per heavy atom. The van der Waals surface area contributed by atoms with Gasteiger partial charge in [0.05, 0.1) is 0 Å². The third kappa shape index (κ3) is 6.40. The number of benzene rings is 1. The molecule has 4 rings (SSSR count). The molecule has 0 saturated heterocycles. The average molecular weight is 413 g/mol. The molecule has 3 aromatic heterocycles. The highest BCUT2D eigenvalue weighted by Crippen LogP contribution is 2.19. The molecule has 2 N–H and O–H groups in total. The van der Waals surface area contributed by atoms with Crippen molar-refractivity contribution in [1.29, 1.82) is 0 Å². The molecule has 150 valence electrons. The number of aromatic amines is 1. The summed E-state index contributed by atoms with van der Waals surface area (Å²) >= 11 is 4.64. The first-order valence-corrected chi connectivity index (χ1v) is 9.57. The van der Waals surface area contributed by atoms with Crippen molar-refractivity contribution in [2.24, 2.45) is 0 Å². The monoisotopic (exact) mass is 412 g/mol. The van der Waals surface area contributed by atoms with Crippen molar-refractivity contribution in [2.75, 3.05) is 18.7 Å². The van der Waals surface area contributed by atoms with Crippen LogP contribution in [0.15, 0.2) is 67.1 Å². The van der Waals surface area contributed by atoms with Crippen molar-refractivity contribution in [3.05, 3.63) is 89.6 Å². The fraction of sp³-hybridized carbons (Fsp3) is 0.136. The Morgan fingerprint density at radius 1 is 1.10 bits per heavy atom. The Hall–Kier alpha value is -3.25. The molecule has 0 atom stereocenters. The van der Waals surface area contributed by atoms with Gasteiger partial charge >= 0.3 is 0 Å². The zero-order valence-corrected chi connectivity index (χ0v) is 16.9. The lowest BCUT2D eigenvalue weighted by molar-refractivity contribution is 0.112. The molecular weight excluding hydrogens is 391 g/mol. The van der Waals surface area contributed by atoms with E-state index in [4.69, 9.17) is 0 Å². The minimum atomic E-state index is -0.319. The Morgan fingerprint density at radius 2 is 1.86 bits per heavy atom. The summed E-state index contributed by atoms with van der Waals surface area (Å²) in [5.41, 5.74) is 3.87. The number of fused-ring (bicyclic) bond motifs is 1. The number of rotatable bonds is 4. The smallest absolute Gasteiger partial charge is 0.150 e. The molecule has 7 heteroatoms. The lowest BCUT2D eigenvalue weighted by Crippen LogP contribution is -1.93. The van der Waals surface area contributed by atoms with E-state index in [0.29, 0.717) is 11.8 Å². The predicted molar refractivity (Wildman–Crippen MR) is 116 cm³/mol. The summed E-state index contributed by atoms with van der Waals surface area (Å²) in [7, 11) is 1.87. The SMILES string of the molecule is CCl.CNc1ccc(Cc2c[nH]c3ncccc23)cn1.O=Cc1ccc(F)cc1. The molecule has 5 nitrogen and oxygen atoms in total. The Labute approximate surface area is 174 Å². The summed E-state index contributed by atoms with van der Waals surface area (Å²) in [6.45, 7) is 0. The third-order valence-electron chi connectivity index (χ3n) is 4.02. The van der Waals surface area contributed by atoms with E-state index in [1.165, 1.54) is 47.2 Å². The summed E-state index contributed by atoms with van der Waals surface area (Å²) in [4.78, 5) is 21.8. The van der Waals surface area contributed by atoms with Crippen LogP contribution in [0, 0.1) is 5.82 Å². The van der Waals surface area contributed by atoms with Gasteiger partial charge in [0.15, 0.2) is 0 Å². The highest BCUT2D eigenvalue weighted by Gasteiger charge is 2.05. The van der Waals surface area contributed by atoms with Gasteiger partial charge in [0, 0.05) is 49.4 Å². The quantitative estimate of drug-likeness (QED) is 0.362. The van der Waals surface area contributed by atoms with Crippen LogP contribution in [0.5, 0.6) is 0 Å². The maximum atomic E-state index is 12.1. The highest BCUT2D eigenvalue weighted by molar-refractivity contribution is 6.15. The number of alkyl halides is 1. The van der Waals surface area contributed by atoms with Crippen molar-refractivity contribution < 1.29 is 9.18 Å². The summed E-state index contributed by atoms with van der Waals surface area (Å²) in [6.07, 6.45) is 8.73. The summed E-state index contributed by atoms with van der Waals surface area (Å²) in [5.74, 6) is 0.569. The molecule has 0 radical (unpaired) electrons. The van der Waals surface area contributed by atoms with Gasteiger partial charge in [-0.2, -0.15) is 0 Å². The highest BCUT2D eigenvalue weighted by atomic mass is 35.5. The largest absolute Gasteiger partial charge is 0.373 e. The van der Waals surface area contributed by atoms with Crippen LogP contribution in [0.25, 0.3) is 11.0 Å². The lowest BCUT2D eigenvalue weighted by Gasteiger charge is -2.02. The van der Waals surface area contributed by atoms with Gasteiger partial charge < -0.3 is 10.3 Å². The molecule has 3 heterocycles. The van der Waals surface area contributed by atoms with E-state index in [0.717, 1.165) is 17.9 Å². The molecule has 0 unspecified atom stereocenters. The van der Waals surface area contributed by atoms with Crippen LogP contribution < -0.4 is 5.32 Å². The number of hydrogen-bond acceptors (Lipinski definition) is 4. The first-order valence-electron chi connectivity index (χ1n) is 8.82. The second-order valence-electron chi connectivity index (χ2n) is 5.86. The zero-order valence-electron chi connectivity index (χ0n) is 16.2. The van der Waals surface area contributed by atoms with E-state index >= 15 is 0 Å². The van der Waals surface area contributed by atoms with Crippen LogP contribution in [0.4, 0.5) is 10.2 Å². The second kappa shape index (κ2) is 11.6. The van der Waals surface area contributed by atoms with Gasteiger partial charge in [-0.05, 0) is 53.6 Å². The van der Waals surface area contributed by atoms with Crippen LogP contribution in [-0.4, -0.2) is 34.7 Å². The van der Waals surface area contributed by atoms with Crippen LogP contribution >= 0.6 is 11.6 Å². The molecule has 0 fully saturated rings. The van der Waals surface area contributed by atoms with Gasteiger partial charge in [0.1, 0.15) is 23.6 Å². The van der Waals surface area contributed by atoms with Gasteiger partial charge in [-0.25, -0.2) is 14.4 Å². The molecular formula is C22H22ClFN4O. The second-order valence-corrected chi connectivity index (χ2v) is 5.86. The number of aldehydes is 1. The number of H-pyrrole nitrogens is 1. The summed E-state index contributed by atoms with van der Waals surface area (Å²) < 4.78 is 12.1. The molecule has 0 saturated carbocycles. The standard InChI is InChI=1S/C14H14N4.C7H5FO.CH3Cl/c1-15-13-5-4-10(8-17-13)7-11-9-18-14-12(11)3-2-6-16-14;8-7-3-1-6(5-9)2-4-7;1-2/h2-6,8-9H,7H2,1H3,(H,15,17)(H,16,18);1-5H;1H3. The van der Waals surface area contributed by atoms with Crippen molar-refractivity contribution >= 4 is 34.7 Å². The van der Waals surface area contributed by atoms with Gasteiger partial charge in [-0.1, -0.05) is 6.07 Å². The molecule has 0 bridgehead atoms. The molecule has 29 heavy (non-hydrogen) atoms.